The first-order chi connectivity index (χ1) is 6.66. The maximum absolute atomic E-state index is 5.51. The molecule has 0 saturated carbocycles. The number of nitrogens with zero attached hydrogens (tertiary/aromatic N) is 1. The molecule has 3 heteroatoms. The molecular formula is C11H13NOS. The molecule has 0 unspecified atom stereocenters. The van der Waals surface area contributed by atoms with Crippen molar-refractivity contribution >= 4 is 11.5 Å². The molecule has 0 spiro atoms. The summed E-state index contributed by atoms with van der Waals surface area (Å²) < 4.78 is 9.88. The maximum Gasteiger partial charge on any atom is 0.153 e. The Morgan fingerprint density at radius 3 is 2.64 bits per heavy atom. The van der Waals surface area contributed by atoms with Crippen LogP contribution in [-0.4, -0.2) is 4.37 Å². The minimum absolute atomic E-state index is 0.539. The fraction of sp³-hybridized carbons (Fsp3) is 0.364. The molecule has 0 radical (unpaired) electrons. The Morgan fingerprint density at radius 1 is 1.36 bits per heavy atom. The number of rotatable bonds is 2. The number of aryl methyl sites for hydroxylation is 1. The number of furan rings is 1. The van der Waals surface area contributed by atoms with E-state index in [1.54, 1.807) is 11.5 Å². The maximum atomic E-state index is 5.51. The lowest BCUT2D eigenvalue weighted by molar-refractivity contribution is 0.547. The molecule has 0 atom stereocenters. The van der Waals surface area contributed by atoms with E-state index in [0.717, 1.165) is 17.2 Å². The van der Waals surface area contributed by atoms with E-state index >= 15 is 0 Å². The van der Waals surface area contributed by atoms with Crippen LogP contribution in [-0.2, 0) is 0 Å². The van der Waals surface area contributed by atoms with Crippen LogP contribution in [0.1, 0.15) is 30.4 Å². The normalized spacial score (nSPS) is 11.1. The molecule has 0 aliphatic carbocycles. The molecule has 74 valence electrons. The average molecular weight is 207 g/mol. The highest BCUT2D eigenvalue weighted by Crippen LogP contribution is 2.27. The van der Waals surface area contributed by atoms with Crippen LogP contribution >= 0.6 is 11.5 Å². The van der Waals surface area contributed by atoms with Crippen molar-refractivity contribution in [3.63, 3.8) is 0 Å². The van der Waals surface area contributed by atoms with Crippen LogP contribution in [0.4, 0.5) is 0 Å². The summed E-state index contributed by atoms with van der Waals surface area (Å²) in [5.74, 6) is 2.34. The van der Waals surface area contributed by atoms with Crippen molar-refractivity contribution in [3.05, 3.63) is 28.8 Å². The van der Waals surface area contributed by atoms with Gasteiger partial charge in [0.05, 0.1) is 0 Å². The van der Waals surface area contributed by atoms with Crippen LogP contribution in [0.2, 0.25) is 0 Å². The lowest BCUT2D eigenvalue weighted by Crippen LogP contribution is -1.78. The first-order valence-corrected chi connectivity index (χ1v) is 5.47. The molecule has 2 aromatic heterocycles. The third kappa shape index (κ3) is 1.73. The molecule has 2 aromatic rings. The Bertz CT molecular complexity index is 428. The smallest absolute Gasteiger partial charge is 0.153 e. The summed E-state index contributed by atoms with van der Waals surface area (Å²) in [5.41, 5.74) is 0.951. The highest BCUT2D eigenvalue weighted by atomic mass is 32.1. The molecule has 0 aliphatic heterocycles. The Balaban J connectivity index is 2.33. The SMILES string of the molecule is Cc1ccc(-c2cc(C(C)C)sn2)o1. The van der Waals surface area contributed by atoms with Crippen LogP contribution in [0.15, 0.2) is 22.6 Å². The zero-order valence-corrected chi connectivity index (χ0v) is 9.39. The van der Waals surface area contributed by atoms with Crippen LogP contribution in [0.3, 0.4) is 0 Å². The van der Waals surface area contributed by atoms with Crippen LogP contribution in [0, 0.1) is 6.92 Å². The highest BCUT2D eigenvalue weighted by molar-refractivity contribution is 7.06. The largest absolute Gasteiger partial charge is 0.460 e. The van der Waals surface area contributed by atoms with Crippen molar-refractivity contribution in [1.82, 2.24) is 4.37 Å². The molecule has 0 aromatic carbocycles. The molecule has 0 amide bonds. The fourth-order valence-electron chi connectivity index (χ4n) is 1.25. The summed E-state index contributed by atoms with van der Waals surface area (Å²) in [6, 6.07) is 6.03. The predicted molar refractivity (Wildman–Crippen MR) is 58.6 cm³/mol. The summed E-state index contributed by atoms with van der Waals surface area (Å²) in [7, 11) is 0. The van der Waals surface area contributed by atoms with Gasteiger partial charge in [-0.05, 0) is 42.6 Å². The minimum atomic E-state index is 0.539. The lowest BCUT2D eigenvalue weighted by Gasteiger charge is -1.95. The Hall–Kier alpha value is -1.09. The Kier molecular flexibility index (Phi) is 2.42. The van der Waals surface area contributed by atoms with Crippen molar-refractivity contribution in [2.24, 2.45) is 0 Å². The zero-order valence-electron chi connectivity index (χ0n) is 8.57. The molecular weight excluding hydrogens is 194 g/mol. The van der Waals surface area contributed by atoms with Gasteiger partial charge in [0.15, 0.2) is 5.76 Å². The first-order valence-electron chi connectivity index (χ1n) is 4.70. The van der Waals surface area contributed by atoms with Crippen LogP contribution in [0.25, 0.3) is 11.5 Å². The number of hydrogen-bond acceptors (Lipinski definition) is 3. The standard InChI is InChI=1S/C11H13NOS/c1-7(2)11-6-9(12-14-11)10-5-4-8(3)13-10/h4-7H,1-3H3. The van der Waals surface area contributed by atoms with E-state index in [1.807, 2.05) is 19.1 Å². The molecule has 0 saturated heterocycles. The van der Waals surface area contributed by atoms with Gasteiger partial charge in [-0.2, -0.15) is 4.37 Å². The van der Waals surface area contributed by atoms with Gasteiger partial charge >= 0.3 is 0 Å². The monoisotopic (exact) mass is 207 g/mol. The summed E-state index contributed by atoms with van der Waals surface area (Å²) >= 11 is 1.55. The van der Waals surface area contributed by atoms with Gasteiger partial charge in [0.25, 0.3) is 0 Å². The molecule has 0 bridgehead atoms. The topological polar surface area (TPSA) is 26.0 Å². The third-order valence-electron chi connectivity index (χ3n) is 2.09. The Morgan fingerprint density at radius 2 is 2.14 bits per heavy atom. The number of aromatic nitrogens is 1. The van der Waals surface area contributed by atoms with Gasteiger partial charge in [-0.3, -0.25) is 0 Å². The summed E-state index contributed by atoms with van der Waals surface area (Å²) in [6.07, 6.45) is 0. The van der Waals surface area contributed by atoms with Crippen LogP contribution < -0.4 is 0 Å². The molecule has 14 heavy (non-hydrogen) atoms. The minimum Gasteiger partial charge on any atom is -0.460 e. The second-order valence-electron chi connectivity index (χ2n) is 3.68. The number of hydrogen-bond donors (Lipinski definition) is 0. The fourth-order valence-corrected chi connectivity index (χ4v) is 1.97. The second kappa shape index (κ2) is 3.58. The zero-order chi connectivity index (χ0) is 10.1. The first kappa shape index (κ1) is 9.46. The van der Waals surface area contributed by atoms with Gasteiger partial charge in [-0.1, -0.05) is 13.8 Å². The molecule has 2 heterocycles. The van der Waals surface area contributed by atoms with Crippen molar-refractivity contribution in [2.75, 3.05) is 0 Å². The molecule has 0 fully saturated rings. The van der Waals surface area contributed by atoms with E-state index in [2.05, 4.69) is 24.3 Å². The molecule has 2 nitrogen and oxygen atoms in total. The van der Waals surface area contributed by atoms with Gasteiger partial charge in [0, 0.05) is 4.88 Å². The summed E-state index contributed by atoms with van der Waals surface area (Å²) in [6.45, 7) is 6.29. The van der Waals surface area contributed by atoms with E-state index in [4.69, 9.17) is 4.42 Å². The van der Waals surface area contributed by atoms with E-state index in [9.17, 15) is 0 Å². The van der Waals surface area contributed by atoms with E-state index in [1.165, 1.54) is 4.88 Å². The Labute approximate surface area is 87.7 Å². The second-order valence-corrected chi connectivity index (χ2v) is 4.52. The van der Waals surface area contributed by atoms with E-state index < -0.39 is 0 Å². The van der Waals surface area contributed by atoms with Crippen molar-refractivity contribution in [3.8, 4) is 11.5 Å². The lowest BCUT2D eigenvalue weighted by atomic mass is 10.1. The molecule has 0 aliphatic rings. The van der Waals surface area contributed by atoms with E-state index in [-0.39, 0.29) is 0 Å². The van der Waals surface area contributed by atoms with Crippen molar-refractivity contribution in [1.29, 1.82) is 0 Å². The van der Waals surface area contributed by atoms with Crippen LogP contribution in [0.5, 0.6) is 0 Å². The van der Waals surface area contributed by atoms with Gasteiger partial charge in [-0.25, -0.2) is 0 Å². The average Bonchev–Trinajstić information content (AvgIpc) is 2.70. The van der Waals surface area contributed by atoms with Crippen molar-refractivity contribution in [2.45, 2.75) is 26.7 Å². The molecule has 2 rings (SSSR count). The van der Waals surface area contributed by atoms with Gasteiger partial charge < -0.3 is 4.42 Å². The predicted octanol–water partition coefficient (Wildman–Crippen LogP) is 3.83. The quantitative estimate of drug-likeness (QED) is 0.748. The highest BCUT2D eigenvalue weighted by Gasteiger charge is 2.09. The molecule has 0 N–H and O–H groups in total. The van der Waals surface area contributed by atoms with Gasteiger partial charge in [0.1, 0.15) is 11.5 Å². The van der Waals surface area contributed by atoms with E-state index in [0.29, 0.717) is 5.92 Å². The van der Waals surface area contributed by atoms with Gasteiger partial charge in [-0.15, -0.1) is 0 Å². The summed E-state index contributed by atoms with van der Waals surface area (Å²) in [4.78, 5) is 1.30. The summed E-state index contributed by atoms with van der Waals surface area (Å²) in [5, 5.41) is 0. The third-order valence-corrected chi connectivity index (χ3v) is 3.18. The van der Waals surface area contributed by atoms with Gasteiger partial charge in [0.2, 0.25) is 0 Å². The van der Waals surface area contributed by atoms with Crippen molar-refractivity contribution < 1.29 is 4.42 Å².